The first kappa shape index (κ1) is 22.1. The Labute approximate surface area is 178 Å². The fraction of sp³-hybridized carbons (Fsp3) is 0.458. The largest absolute Gasteiger partial charge is 0.486 e. The summed E-state index contributed by atoms with van der Waals surface area (Å²) in [6.45, 7) is 8.22. The number of anilines is 1. The third-order valence-electron chi connectivity index (χ3n) is 5.07. The quantitative estimate of drug-likeness (QED) is 0.580. The molecule has 1 heterocycles. The Balaban J connectivity index is 1.49. The number of aryl methyl sites for hydroxylation is 1. The molecule has 6 nitrogen and oxygen atoms in total. The van der Waals surface area contributed by atoms with E-state index in [0.717, 1.165) is 5.56 Å². The molecule has 30 heavy (non-hydrogen) atoms. The lowest BCUT2D eigenvalue weighted by Crippen LogP contribution is -2.39. The number of carbonyl (C=O) groups excluding carboxylic acids is 1. The van der Waals surface area contributed by atoms with Crippen LogP contribution in [0, 0.1) is 0 Å². The maximum atomic E-state index is 12.4. The van der Waals surface area contributed by atoms with E-state index in [-0.39, 0.29) is 24.0 Å². The topological polar surface area (TPSA) is 79.8 Å². The Bertz CT molecular complexity index is 843. The predicted octanol–water partition coefficient (Wildman–Crippen LogP) is 3.28. The highest BCUT2D eigenvalue weighted by Gasteiger charge is 2.21. The lowest BCUT2D eigenvalue weighted by Gasteiger charge is -2.27. The van der Waals surface area contributed by atoms with Gasteiger partial charge in [0, 0.05) is 31.3 Å². The van der Waals surface area contributed by atoms with E-state index in [1.54, 1.807) is 6.07 Å². The number of aliphatic hydroxyl groups is 1. The van der Waals surface area contributed by atoms with Crippen molar-refractivity contribution in [3.05, 3.63) is 53.6 Å². The fourth-order valence-corrected chi connectivity index (χ4v) is 3.29. The van der Waals surface area contributed by atoms with Crippen LogP contribution in [0.1, 0.15) is 38.3 Å². The smallest absolute Gasteiger partial charge is 0.224 e. The first-order valence-corrected chi connectivity index (χ1v) is 10.5. The van der Waals surface area contributed by atoms with E-state index in [9.17, 15) is 4.79 Å². The molecule has 0 aliphatic carbocycles. The monoisotopic (exact) mass is 412 g/mol. The van der Waals surface area contributed by atoms with Gasteiger partial charge in [0.15, 0.2) is 11.5 Å². The minimum Gasteiger partial charge on any atom is -0.486 e. The van der Waals surface area contributed by atoms with Crippen molar-refractivity contribution in [2.75, 3.05) is 31.6 Å². The van der Waals surface area contributed by atoms with Crippen molar-refractivity contribution in [3.63, 3.8) is 0 Å². The van der Waals surface area contributed by atoms with Crippen molar-refractivity contribution in [1.29, 1.82) is 0 Å². The third kappa shape index (κ3) is 6.21. The molecule has 0 fully saturated rings. The van der Waals surface area contributed by atoms with Crippen LogP contribution in [-0.4, -0.2) is 43.4 Å². The highest BCUT2D eigenvalue weighted by Crippen LogP contribution is 2.34. The molecule has 1 aliphatic heterocycles. The van der Waals surface area contributed by atoms with Crippen LogP contribution < -0.4 is 20.1 Å². The predicted molar refractivity (Wildman–Crippen MR) is 118 cm³/mol. The standard InChI is InChI=1S/C24H32N2O4/c1-24(2,3)18-7-4-17(5-8-18)6-11-23(28)26-19-9-10-21-22(14-19)29-16-20(30-21)15-25-12-13-27/h4-5,7-10,14,20,25,27H,6,11-13,15-16H2,1-3H3,(H,26,28)/t20-/m1/s1. The Morgan fingerprint density at radius 3 is 2.60 bits per heavy atom. The van der Waals surface area contributed by atoms with E-state index in [0.29, 0.717) is 49.7 Å². The van der Waals surface area contributed by atoms with Crippen LogP contribution in [0.3, 0.4) is 0 Å². The molecular formula is C24H32N2O4. The molecule has 0 unspecified atom stereocenters. The average molecular weight is 413 g/mol. The van der Waals surface area contributed by atoms with Crippen LogP contribution in [0.5, 0.6) is 11.5 Å². The van der Waals surface area contributed by atoms with Crippen molar-refractivity contribution in [2.45, 2.75) is 45.1 Å². The van der Waals surface area contributed by atoms with Gasteiger partial charge in [-0.1, -0.05) is 45.0 Å². The molecule has 0 bridgehead atoms. The Kier molecular flexibility index (Phi) is 7.34. The van der Waals surface area contributed by atoms with E-state index in [2.05, 4.69) is 55.7 Å². The number of amides is 1. The van der Waals surface area contributed by atoms with Gasteiger partial charge in [-0.3, -0.25) is 4.79 Å². The molecule has 0 radical (unpaired) electrons. The van der Waals surface area contributed by atoms with Gasteiger partial charge in [0.05, 0.1) is 6.61 Å². The van der Waals surface area contributed by atoms with Crippen molar-refractivity contribution < 1.29 is 19.4 Å². The number of rotatable bonds is 8. The van der Waals surface area contributed by atoms with E-state index in [1.807, 2.05) is 12.1 Å². The average Bonchev–Trinajstić information content (AvgIpc) is 2.72. The van der Waals surface area contributed by atoms with E-state index in [4.69, 9.17) is 14.6 Å². The van der Waals surface area contributed by atoms with Gasteiger partial charge >= 0.3 is 0 Å². The van der Waals surface area contributed by atoms with Gasteiger partial charge in [0.1, 0.15) is 12.7 Å². The van der Waals surface area contributed by atoms with Gasteiger partial charge in [-0.15, -0.1) is 0 Å². The molecule has 1 aliphatic rings. The van der Waals surface area contributed by atoms with E-state index >= 15 is 0 Å². The minimum atomic E-state index is -0.103. The number of hydrogen-bond acceptors (Lipinski definition) is 5. The van der Waals surface area contributed by atoms with Crippen molar-refractivity contribution >= 4 is 11.6 Å². The SMILES string of the molecule is CC(C)(C)c1ccc(CCC(=O)Nc2ccc3c(c2)OC[C@@H](CNCCO)O3)cc1. The van der Waals surface area contributed by atoms with Crippen molar-refractivity contribution in [3.8, 4) is 11.5 Å². The summed E-state index contributed by atoms with van der Waals surface area (Å²) in [6.07, 6.45) is 1.01. The molecule has 6 heteroatoms. The summed E-state index contributed by atoms with van der Waals surface area (Å²) in [4.78, 5) is 12.4. The summed E-state index contributed by atoms with van der Waals surface area (Å²) < 4.78 is 11.7. The minimum absolute atomic E-state index is 0.0299. The van der Waals surface area contributed by atoms with Crippen LogP contribution in [0.4, 0.5) is 5.69 Å². The summed E-state index contributed by atoms with van der Waals surface area (Å²) in [5, 5.41) is 14.9. The molecule has 3 N–H and O–H groups in total. The van der Waals surface area contributed by atoms with Gasteiger partial charge in [0.25, 0.3) is 0 Å². The van der Waals surface area contributed by atoms with Crippen LogP contribution in [0.25, 0.3) is 0 Å². The first-order valence-electron chi connectivity index (χ1n) is 10.5. The van der Waals surface area contributed by atoms with Gasteiger partial charge in [-0.05, 0) is 35.1 Å². The lowest BCUT2D eigenvalue weighted by atomic mass is 9.86. The molecule has 0 spiro atoms. The Morgan fingerprint density at radius 2 is 1.90 bits per heavy atom. The van der Waals surface area contributed by atoms with Crippen LogP contribution in [0.2, 0.25) is 0 Å². The van der Waals surface area contributed by atoms with Gasteiger partial charge < -0.3 is 25.2 Å². The number of fused-ring (bicyclic) bond motifs is 1. The summed E-state index contributed by atoms with van der Waals surface area (Å²) in [6, 6.07) is 13.9. The van der Waals surface area contributed by atoms with Crippen molar-refractivity contribution in [1.82, 2.24) is 5.32 Å². The second-order valence-corrected chi connectivity index (χ2v) is 8.64. The van der Waals surface area contributed by atoms with E-state index in [1.165, 1.54) is 5.56 Å². The highest BCUT2D eigenvalue weighted by atomic mass is 16.6. The third-order valence-corrected chi connectivity index (χ3v) is 5.07. The van der Waals surface area contributed by atoms with Gasteiger partial charge in [0.2, 0.25) is 5.91 Å². The van der Waals surface area contributed by atoms with Gasteiger partial charge in [-0.2, -0.15) is 0 Å². The Hall–Kier alpha value is -2.57. The number of aliphatic hydroxyl groups excluding tert-OH is 1. The van der Waals surface area contributed by atoms with Crippen molar-refractivity contribution in [2.24, 2.45) is 0 Å². The fourth-order valence-electron chi connectivity index (χ4n) is 3.29. The molecule has 2 aromatic carbocycles. The van der Waals surface area contributed by atoms with Crippen LogP contribution >= 0.6 is 0 Å². The maximum Gasteiger partial charge on any atom is 0.224 e. The highest BCUT2D eigenvalue weighted by molar-refractivity contribution is 5.91. The zero-order chi connectivity index (χ0) is 21.6. The second kappa shape index (κ2) is 9.96. The zero-order valence-electron chi connectivity index (χ0n) is 18.0. The summed E-state index contributed by atoms with van der Waals surface area (Å²) >= 11 is 0. The summed E-state index contributed by atoms with van der Waals surface area (Å²) in [7, 11) is 0. The molecule has 0 aromatic heterocycles. The Morgan fingerprint density at radius 1 is 1.13 bits per heavy atom. The number of ether oxygens (including phenoxy) is 2. The number of hydrogen-bond donors (Lipinski definition) is 3. The summed E-state index contributed by atoms with van der Waals surface area (Å²) in [5.74, 6) is 1.26. The molecule has 0 saturated heterocycles. The first-order chi connectivity index (χ1) is 14.3. The van der Waals surface area contributed by atoms with Gasteiger partial charge in [-0.25, -0.2) is 0 Å². The number of carbonyl (C=O) groups is 1. The number of benzene rings is 2. The molecule has 162 valence electrons. The number of nitrogens with one attached hydrogen (secondary N) is 2. The molecule has 0 saturated carbocycles. The molecule has 2 aromatic rings. The molecular weight excluding hydrogens is 380 g/mol. The van der Waals surface area contributed by atoms with Crippen LogP contribution in [-0.2, 0) is 16.6 Å². The van der Waals surface area contributed by atoms with E-state index < -0.39 is 0 Å². The molecule has 1 atom stereocenters. The maximum absolute atomic E-state index is 12.4. The molecule has 1 amide bonds. The lowest BCUT2D eigenvalue weighted by molar-refractivity contribution is -0.116. The summed E-state index contributed by atoms with van der Waals surface area (Å²) in [5.41, 5.74) is 3.27. The molecule has 3 rings (SSSR count). The van der Waals surface area contributed by atoms with Crippen LogP contribution in [0.15, 0.2) is 42.5 Å². The normalized spacial score (nSPS) is 15.7. The zero-order valence-corrected chi connectivity index (χ0v) is 18.0. The second-order valence-electron chi connectivity index (χ2n) is 8.64.